The Morgan fingerprint density at radius 3 is 2.19 bits per heavy atom. The van der Waals surface area contributed by atoms with Gasteiger partial charge in [-0.15, -0.1) is 0 Å². The summed E-state index contributed by atoms with van der Waals surface area (Å²) in [5.74, 6) is 1.75. The van der Waals surface area contributed by atoms with E-state index in [9.17, 15) is 9.59 Å². The van der Waals surface area contributed by atoms with E-state index in [1.54, 1.807) is 0 Å². The molecule has 0 aliphatic heterocycles. The smallest absolute Gasteiger partial charge is 0.330 e. The molecule has 2 aliphatic carbocycles. The minimum atomic E-state index is -0.356. The van der Waals surface area contributed by atoms with Crippen molar-refractivity contribution in [3.05, 3.63) is 42.5 Å². The van der Waals surface area contributed by atoms with Gasteiger partial charge in [0.15, 0.2) is 0 Å². The molecule has 2 saturated carbocycles. The number of esters is 2. The highest BCUT2D eigenvalue weighted by Gasteiger charge is 2.28. The van der Waals surface area contributed by atoms with Crippen LogP contribution in [-0.4, -0.2) is 31.3 Å². The van der Waals surface area contributed by atoms with Gasteiger partial charge in [0, 0.05) is 12.7 Å². The largest absolute Gasteiger partial charge is 0.463 e. The summed E-state index contributed by atoms with van der Waals surface area (Å²) in [7, 11) is 0. The van der Waals surface area contributed by atoms with E-state index in [4.69, 9.17) is 14.2 Å². The van der Waals surface area contributed by atoms with Crippen molar-refractivity contribution in [1.82, 2.24) is 0 Å². The van der Waals surface area contributed by atoms with Crippen molar-refractivity contribution in [2.24, 2.45) is 11.8 Å². The fourth-order valence-corrected chi connectivity index (χ4v) is 5.70. The lowest BCUT2D eigenvalue weighted by Crippen LogP contribution is -2.29. The maximum absolute atomic E-state index is 12.7. The first-order chi connectivity index (χ1) is 17.6. The molecule has 0 unspecified atom stereocenters. The first-order valence-corrected chi connectivity index (χ1v) is 14.3. The average Bonchev–Trinajstić information content (AvgIpc) is 2.91. The fourth-order valence-electron chi connectivity index (χ4n) is 5.70. The Hall–Kier alpha value is -2.14. The average molecular weight is 499 g/mol. The van der Waals surface area contributed by atoms with E-state index >= 15 is 0 Å². The number of ether oxygens (including phenoxy) is 3. The van der Waals surface area contributed by atoms with Crippen molar-refractivity contribution < 1.29 is 23.8 Å². The Bertz CT molecular complexity index is 786. The molecule has 0 N–H and O–H groups in total. The van der Waals surface area contributed by atoms with Crippen LogP contribution in [0.15, 0.2) is 36.9 Å². The lowest BCUT2D eigenvalue weighted by atomic mass is 9.77. The van der Waals surface area contributed by atoms with Crippen molar-refractivity contribution in [2.75, 3.05) is 13.2 Å². The lowest BCUT2D eigenvalue weighted by Gasteiger charge is -2.29. The summed E-state index contributed by atoms with van der Waals surface area (Å²) in [6, 6.07) is 8.27. The molecule has 0 amide bonds. The van der Waals surface area contributed by atoms with Crippen LogP contribution in [0.2, 0.25) is 0 Å². The zero-order valence-electron chi connectivity index (χ0n) is 22.3. The molecule has 0 radical (unpaired) electrons. The van der Waals surface area contributed by atoms with Gasteiger partial charge in [0.25, 0.3) is 0 Å². The summed E-state index contributed by atoms with van der Waals surface area (Å²) in [5.41, 5.74) is 1.39. The number of carbonyl (C=O) groups excluding carboxylic acids is 2. The van der Waals surface area contributed by atoms with Gasteiger partial charge in [-0.05, 0) is 100 Å². The van der Waals surface area contributed by atoms with Crippen LogP contribution < -0.4 is 4.74 Å². The first-order valence-electron chi connectivity index (χ1n) is 14.3. The number of benzene rings is 1. The molecule has 1 aromatic carbocycles. The molecule has 0 spiro atoms. The predicted molar refractivity (Wildman–Crippen MR) is 143 cm³/mol. The van der Waals surface area contributed by atoms with Crippen LogP contribution in [0, 0.1) is 11.8 Å². The number of rotatable bonds is 14. The molecule has 0 saturated heterocycles. The van der Waals surface area contributed by atoms with Crippen molar-refractivity contribution in [3.8, 4) is 5.75 Å². The van der Waals surface area contributed by atoms with Crippen molar-refractivity contribution >= 4 is 11.9 Å². The Morgan fingerprint density at radius 2 is 1.56 bits per heavy atom. The predicted octanol–water partition coefficient (Wildman–Crippen LogP) is 7.53. The van der Waals surface area contributed by atoms with Gasteiger partial charge in [0.05, 0.1) is 18.6 Å². The summed E-state index contributed by atoms with van der Waals surface area (Å²) in [6.45, 7) is 6.87. The molecule has 36 heavy (non-hydrogen) atoms. The molecule has 0 aromatic heterocycles. The van der Waals surface area contributed by atoms with E-state index < -0.39 is 0 Å². The molecule has 2 aliphatic rings. The van der Waals surface area contributed by atoms with E-state index in [0.717, 1.165) is 63.9 Å². The minimum Gasteiger partial charge on any atom is -0.463 e. The van der Waals surface area contributed by atoms with E-state index in [1.165, 1.54) is 50.2 Å². The van der Waals surface area contributed by atoms with Crippen molar-refractivity contribution in [3.63, 3.8) is 0 Å². The second-order valence-corrected chi connectivity index (χ2v) is 10.6. The van der Waals surface area contributed by atoms with Crippen LogP contribution in [0.1, 0.15) is 108 Å². The van der Waals surface area contributed by atoms with Gasteiger partial charge in [0.2, 0.25) is 0 Å². The highest BCUT2D eigenvalue weighted by Crippen LogP contribution is 2.38. The zero-order chi connectivity index (χ0) is 25.6. The molecule has 200 valence electrons. The second kappa shape index (κ2) is 15.9. The fraction of sp³-hybridized carbons (Fsp3) is 0.677. The molecule has 5 nitrogen and oxygen atoms in total. The summed E-state index contributed by atoms with van der Waals surface area (Å²) in [5, 5.41) is 0. The van der Waals surface area contributed by atoms with Crippen LogP contribution in [-0.2, 0) is 19.1 Å². The summed E-state index contributed by atoms with van der Waals surface area (Å²) < 4.78 is 16.7. The molecule has 5 heteroatoms. The number of unbranched alkanes of at least 4 members (excludes halogenated alkanes) is 3. The Kier molecular flexibility index (Phi) is 12.5. The van der Waals surface area contributed by atoms with Crippen LogP contribution in [0.25, 0.3) is 0 Å². The topological polar surface area (TPSA) is 61.8 Å². The Balaban J connectivity index is 1.26. The molecule has 3 rings (SSSR count). The van der Waals surface area contributed by atoms with Gasteiger partial charge in [-0.3, -0.25) is 4.79 Å². The van der Waals surface area contributed by atoms with Gasteiger partial charge in [-0.2, -0.15) is 0 Å². The molecule has 0 heterocycles. The van der Waals surface area contributed by atoms with Gasteiger partial charge < -0.3 is 14.2 Å². The van der Waals surface area contributed by atoms with E-state index in [2.05, 4.69) is 25.6 Å². The van der Waals surface area contributed by atoms with E-state index in [0.29, 0.717) is 18.3 Å². The summed E-state index contributed by atoms with van der Waals surface area (Å²) in [4.78, 5) is 23.7. The minimum absolute atomic E-state index is 0.0309. The van der Waals surface area contributed by atoms with Gasteiger partial charge in [0.1, 0.15) is 5.75 Å². The number of hydrogen-bond acceptors (Lipinski definition) is 5. The van der Waals surface area contributed by atoms with Crippen molar-refractivity contribution in [1.29, 1.82) is 0 Å². The van der Waals surface area contributed by atoms with Crippen LogP contribution in [0.5, 0.6) is 5.75 Å². The van der Waals surface area contributed by atoms with Gasteiger partial charge >= 0.3 is 11.9 Å². The van der Waals surface area contributed by atoms with Crippen molar-refractivity contribution in [2.45, 2.75) is 109 Å². The third-order valence-corrected chi connectivity index (χ3v) is 7.92. The normalized spacial score (nSPS) is 24.1. The molecular formula is C31H46O5. The maximum Gasteiger partial charge on any atom is 0.330 e. The third-order valence-electron chi connectivity index (χ3n) is 7.92. The summed E-state index contributed by atoms with van der Waals surface area (Å²) in [6.07, 6.45) is 16.8. The Labute approximate surface area is 218 Å². The van der Waals surface area contributed by atoms with Crippen LogP contribution in [0.3, 0.4) is 0 Å². The zero-order valence-corrected chi connectivity index (χ0v) is 22.3. The SMILES string of the molecule is C=CC(=O)OCCCCCCOC1CCC(C(=O)Oc2ccc(C3CCC(CCC)CC3)cc2)CC1. The number of hydrogen-bond donors (Lipinski definition) is 0. The quantitative estimate of drug-likeness (QED) is 0.115. The van der Waals surface area contributed by atoms with Gasteiger partial charge in [-0.1, -0.05) is 44.9 Å². The summed E-state index contributed by atoms with van der Waals surface area (Å²) >= 11 is 0. The van der Waals surface area contributed by atoms with E-state index in [1.807, 2.05) is 12.1 Å². The van der Waals surface area contributed by atoms with E-state index in [-0.39, 0.29) is 24.0 Å². The third kappa shape index (κ3) is 9.72. The Morgan fingerprint density at radius 1 is 0.889 bits per heavy atom. The van der Waals surface area contributed by atoms with Crippen LogP contribution in [0.4, 0.5) is 0 Å². The lowest BCUT2D eigenvalue weighted by molar-refractivity contribution is -0.141. The van der Waals surface area contributed by atoms with Gasteiger partial charge in [-0.25, -0.2) is 4.79 Å². The highest BCUT2D eigenvalue weighted by atomic mass is 16.5. The van der Waals surface area contributed by atoms with Crippen LogP contribution >= 0.6 is 0 Å². The first kappa shape index (κ1) is 28.4. The molecule has 2 fully saturated rings. The molecule has 1 aromatic rings. The molecule has 0 atom stereocenters. The maximum atomic E-state index is 12.7. The monoisotopic (exact) mass is 498 g/mol. The second-order valence-electron chi connectivity index (χ2n) is 10.6. The standard InChI is InChI=1S/C31H46O5/c1-3-9-24-10-12-25(13-11-24)26-14-20-29(21-15-26)36-31(33)27-16-18-28(19-17-27)34-22-7-5-6-8-23-35-30(32)4-2/h4,14-15,20-21,24-25,27-28H,2-3,5-13,16-19,22-23H2,1H3. The highest BCUT2D eigenvalue weighted by molar-refractivity contribution is 5.81. The molecule has 0 bridgehead atoms. The molecular weight excluding hydrogens is 452 g/mol. The number of carbonyl (C=O) groups is 2.